The second kappa shape index (κ2) is 10.3. The number of halogens is 5. The maximum atomic E-state index is 15.3. The van der Waals surface area contributed by atoms with Gasteiger partial charge in [0.15, 0.2) is 23.3 Å². The number of anilines is 2. The Kier molecular flexibility index (Phi) is 7.48. The van der Waals surface area contributed by atoms with E-state index in [1.807, 2.05) is 0 Å². The van der Waals surface area contributed by atoms with Crippen LogP contribution in [-0.2, 0) is 14.3 Å². The number of esters is 2. The van der Waals surface area contributed by atoms with Gasteiger partial charge in [0.05, 0.1) is 47.2 Å². The number of nitrogen functional groups attached to an aromatic ring is 1. The molecule has 202 valence electrons. The summed E-state index contributed by atoms with van der Waals surface area (Å²) in [5, 5.41) is -1.75. The fourth-order valence-corrected chi connectivity index (χ4v) is 4.47. The lowest BCUT2D eigenvalue weighted by Gasteiger charge is -2.41. The van der Waals surface area contributed by atoms with Crippen molar-refractivity contribution in [3.8, 4) is 5.82 Å². The summed E-state index contributed by atoms with van der Waals surface area (Å²) in [5.74, 6) is -6.94. The van der Waals surface area contributed by atoms with E-state index in [9.17, 15) is 18.8 Å². The molecule has 4 rings (SSSR count). The summed E-state index contributed by atoms with van der Waals surface area (Å²) in [6.07, 6.45) is 0.359. The van der Waals surface area contributed by atoms with Crippen LogP contribution < -0.4 is 16.1 Å². The van der Waals surface area contributed by atoms with E-state index >= 15 is 8.78 Å². The highest BCUT2D eigenvalue weighted by molar-refractivity contribution is 6.38. The van der Waals surface area contributed by atoms with Crippen LogP contribution in [0.2, 0.25) is 10.0 Å². The van der Waals surface area contributed by atoms with Gasteiger partial charge in [-0.2, -0.15) is 0 Å². The lowest BCUT2D eigenvalue weighted by molar-refractivity contribution is -0.153. The summed E-state index contributed by atoms with van der Waals surface area (Å²) in [5.41, 5.74) is 3.59. The third kappa shape index (κ3) is 4.62. The molecule has 0 aliphatic carbocycles. The normalized spacial score (nSPS) is 13.7. The number of carbonyl (C=O) groups excluding carboxylic acids is 2. The van der Waals surface area contributed by atoms with Crippen LogP contribution in [0.3, 0.4) is 0 Å². The van der Waals surface area contributed by atoms with Crippen molar-refractivity contribution in [1.82, 2.24) is 9.55 Å². The number of aromatic nitrogens is 2. The molecule has 0 bridgehead atoms. The van der Waals surface area contributed by atoms with Gasteiger partial charge in [0.2, 0.25) is 5.43 Å². The fraction of sp³-hybridized carbons (Fsp3) is 0.333. The average Bonchev–Trinajstić information content (AvgIpc) is 2.83. The molecule has 1 aliphatic rings. The van der Waals surface area contributed by atoms with E-state index in [2.05, 4.69) is 4.98 Å². The summed E-state index contributed by atoms with van der Waals surface area (Å²) in [7, 11) is 0. The largest absolute Gasteiger partial charge is 0.462 e. The van der Waals surface area contributed by atoms with Gasteiger partial charge in [-0.15, -0.1) is 0 Å². The van der Waals surface area contributed by atoms with Crippen LogP contribution in [-0.4, -0.2) is 47.3 Å². The Morgan fingerprint density at radius 3 is 2.45 bits per heavy atom. The predicted octanol–water partition coefficient (Wildman–Crippen LogP) is 4.26. The molecular formula is C24H21Cl2F3N4O5. The maximum absolute atomic E-state index is 15.3. The number of benzene rings is 1. The highest BCUT2D eigenvalue weighted by Gasteiger charge is 2.35. The number of rotatable bonds is 6. The lowest BCUT2D eigenvalue weighted by atomic mass is 10.1. The number of nitrogens with zero attached hydrogens (tertiary/aromatic N) is 3. The van der Waals surface area contributed by atoms with Crippen molar-refractivity contribution in [1.29, 1.82) is 0 Å². The number of nitrogens with two attached hydrogens (primary N) is 1. The van der Waals surface area contributed by atoms with Crippen molar-refractivity contribution >= 4 is 57.5 Å². The molecule has 0 unspecified atom stereocenters. The summed E-state index contributed by atoms with van der Waals surface area (Å²) < 4.78 is 55.7. The molecule has 38 heavy (non-hydrogen) atoms. The molecule has 2 N–H and O–H groups in total. The Labute approximate surface area is 223 Å². The molecule has 9 nitrogen and oxygen atoms in total. The first-order valence-electron chi connectivity index (χ1n) is 11.4. The van der Waals surface area contributed by atoms with Crippen molar-refractivity contribution in [2.75, 3.05) is 30.3 Å². The van der Waals surface area contributed by atoms with E-state index < -0.39 is 68.5 Å². The molecule has 1 aliphatic heterocycles. The SMILES string of the molecule is CCOC(=O)c1cn(-c2nc(N)c(F)c(Cl)c2F)c2c(Cl)c(N3CC(OC(=O)C(C)C)C3)c(F)cc2c1=O. The van der Waals surface area contributed by atoms with E-state index in [1.54, 1.807) is 13.8 Å². The molecule has 0 atom stereocenters. The van der Waals surface area contributed by atoms with Crippen LogP contribution in [0.5, 0.6) is 0 Å². The Morgan fingerprint density at radius 1 is 1.18 bits per heavy atom. The van der Waals surface area contributed by atoms with Crippen LogP contribution in [0.15, 0.2) is 17.1 Å². The highest BCUT2D eigenvalue weighted by atomic mass is 35.5. The van der Waals surface area contributed by atoms with E-state index in [-0.39, 0.29) is 41.8 Å². The zero-order chi connectivity index (χ0) is 28.0. The zero-order valence-electron chi connectivity index (χ0n) is 20.3. The van der Waals surface area contributed by atoms with Gasteiger partial charge < -0.3 is 20.1 Å². The number of pyridine rings is 2. The molecule has 3 aromatic rings. The molecule has 1 aromatic carbocycles. The third-order valence-corrected chi connectivity index (χ3v) is 6.52. The predicted molar refractivity (Wildman–Crippen MR) is 135 cm³/mol. The minimum atomic E-state index is -1.37. The minimum absolute atomic E-state index is 0.0910. The Balaban J connectivity index is 1.95. The van der Waals surface area contributed by atoms with Crippen LogP contribution >= 0.6 is 23.2 Å². The average molecular weight is 573 g/mol. The van der Waals surface area contributed by atoms with Crippen molar-refractivity contribution in [2.45, 2.75) is 26.9 Å². The standard InChI is InChI=1S/C24H21Cl2F3N4O5/c1-4-37-24(36)12-8-33(22-17(29)14(25)16(28)21(30)31-22)18-11(20(12)34)5-13(27)19(15(18)26)32-6-10(7-32)38-23(35)9(2)3/h5,8-10H,4,6-7H2,1-3H3,(H2,30,31). The van der Waals surface area contributed by atoms with E-state index in [0.717, 1.165) is 16.8 Å². The second-order valence-electron chi connectivity index (χ2n) is 8.76. The molecule has 3 heterocycles. The monoisotopic (exact) mass is 572 g/mol. The van der Waals surface area contributed by atoms with Gasteiger partial charge in [-0.3, -0.25) is 14.2 Å². The number of hydrogen-bond donors (Lipinski definition) is 1. The van der Waals surface area contributed by atoms with E-state index in [4.69, 9.17) is 38.4 Å². The molecule has 0 saturated carbocycles. The number of hydrogen-bond acceptors (Lipinski definition) is 8. The summed E-state index contributed by atoms with van der Waals surface area (Å²) in [4.78, 5) is 42.7. The van der Waals surface area contributed by atoms with Gasteiger partial charge in [0.1, 0.15) is 22.5 Å². The molecular weight excluding hydrogens is 552 g/mol. The van der Waals surface area contributed by atoms with Gasteiger partial charge in [-0.1, -0.05) is 37.0 Å². The van der Waals surface area contributed by atoms with Crippen LogP contribution in [0.1, 0.15) is 31.1 Å². The van der Waals surface area contributed by atoms with Crippen LogP contribution in [0.4, 0.5) is 24.7 Å². The highest BCUT2D eigenvalue weighted by Crippen LogP contribution is 2.39. The third-order valence-electron chi connectivity index (χ3n) is 5.83. The molecule has 1 fully saturated rings. The zero-order valence-corrected chi connectivity index (χ0v) is 21.8. The van der Waals surface area contributed by atoms with E-state index in [0.29, 0.717) is 0 Å². The first-order chi connectivity index (χ1) is 17.9. The quantitative estimate of drug-likeness (QED) is 0.435. The Hall–Kier alpha value is -3.51. The smallest absolute Gasteiger partial charge is 0.343 e. The number of ether oxygens (including phenoxy) is 2. The van der Waals surface area contributed by atoms with E-state index in [1.165, 1.54) is 11.8 Å². The number of fused-ring (bicyclic) bond motifs is 1. The van der Waals surface area contributed by atoms with Gasteiger partial charge in [0, 0.05) is 6.20 Å². The maximum Gasteiger partial charge on any atom is 0.343 e. The minimum Gasteiger partial charge on any atom is -0.462 e. The van der Waals surface area contributed by atoms with Gasteiger partial charge >= 0.3 is 11.9 Å². The van der Waals surface area contributed by atoms with Gasteiger partial charge in [-0.25, -0.2) is 22.9 Å². The van der Waals surface area contributed by atoms with Gasteiger partial charge in [-0.05, 0) is 13.0 Å². The van der Waals surface area contributed by atoms with Crippen molar-refractivity contribution in [2.24, 2.45) is 5.92 Å². The Bertz CT molecular complexity index is 1540. The molecule has 0 spiro atoms. The van der Waals surface area contributed by atoms with Gasteiger partial charge in [0.25, 0.3) is 0 Å². The van der Waals surface area contributed by atoms with Crippen molar-refractivity contribution in [3.63, 3.8) is 0 Å². The summed E-state index contributed by atoms with van der Waals surface area (Å²) in [6.45, 7) is 4.93. The van der Waals surface area contributed by atoms with Crippen molar-refractivity contribution in [3.05, 3.63) is 55.5 Å². The fourth-order valence-electron chi connectivity index (χ4n) is 3.89. The summed E-state index contributed by atoms with van der Waals surface area (Å²) >= 11 is 12.3. The van der Waals surface area contributed by atoms with Crippen molar-refractivity contribution < 1.29 is 32.2 Å². The molecule has 1 saturated heterocycles. The topological polar surface area (TPSA) is 117 Å². The lowest BCUT2D eigenvalue weighted by Crippen LogP contribution is -2.53. The van der Waals surface area contributed by atoms with Crippen LogP contribution in [0.25, 0.3) is 16.7 Å². The van der Waals surface area contributed by atoms with Crippen LogP contribution in [0, 0.1) is 23.4 Å². The second-order valence-corrected chi connectivity index (χ2v) is 9.52. The summed E-state index contributed by atoms with van der Waals surface area (Å²) in [6, 6.07) is 0.831. The molecule has 0 amide bonds. The molecule has 14 heteroatoms. The first kappa shape index (κ1) is 27.5. The molecule has 0 radical (unpaired) electrons. The first-order valence-corrected chi connectivity index (χ1v) is 12.1. The molecule has 2 aromatic heterocycles. The Morgan fingerprint density at radius 2 is 1.84 bits per heavy atom. The number of carbonyl (C=O) groups is 2.